The molecular weight excluding hydrogens is 1260 g/mol. The largest absolute Gasteiger partial charge is 0.477 e. The first-order valence-electron chi connectivity index (χ1n) is 29.1. The lowest BCUT2D eigenvalue weighted by Gasteiger charge is -2.52. The summed E-state index contributed by atoms with van der Waals surface area (Å²) in [6, 6.07) is -5.43. The number of hydrogen-bond acceptors (Lipinski definition) is 37. The number of carboxylic acid groups (broad SMARTS) is 1. The monoisotopic (exact) mass is 1350 g/mol. The third-order valence-corrected chi connectivity index (χ3v) is 16.7. The molecule has 0 aromatic carbocycles. The first-order chi connectivity index (χ1) is 43.3. The number of rotatable bonds is 24. The zero-order chi connectivity index (χ0) is 68.3. The zero-order valence-electron chi connectivity index (χ0n) is 49.5. The highest BCUT2D eigenvalue weighted by Crippen LogP contribution is 2.40. The predicted octanol–water partition coefficient (Wildman–Crippen LogP) is -15.6. The van der Waals surface area contributed by atoms with Gasteiger partial charge in [0, 0.05) is 27.2 Å². The summed E-state index contributed by atoms with van der Waals surface area (Å²) in [5.41, 5.74) is 0. The number of carboxylic acids is 1. The van der Waals surface area contributed by atoms with Crippen molar-refractivity contribution >= 4 is 23.7 Å². The number of ether oxygens (including phenoxy) is 13. The van der Waals surface area contributed by atoms with Gasteiger partial charge in [0.15, 0.2) is 37.7 Å². The van der Waals surface area contributed by atoms with E-state index in [-0.39, 0.29) is 0 Å². The standard InChI is InChI=1S/C51H85N3O38/c1-12-26(65)33(72)35(74)46(81-12)91-43-42(90-45-25(54-15(4)62)39(29(68)19(8-57)83-45)88-47-36(75)34(73)28(67)18(7-56)84-47)31(70)21(10-59)86-49(43)89-41-30(69)20(9-58)85-48(37(41)76)87-38-24(53-14(3)61)44(77)82-22(32(38)71)11-80-51(50(78)79)5-16(63)23(52-13(2)60)40(92-51)27(66)17(64)6-55/h12,16-49,55-59,63-77H,5-11H2,1-4H3,(H,52,60)(H,53,61)(H,54,62)(H,78,79)/t12-,16-,17+,18+,19+,20+,21+,22+,23+,24+,25+,26+,27+,28-,29-,30-,31-,32-,33+,34-,35-,36+,37+,38+,39+,40+,41-,42-,43+,44-,45+,46-,47+,48-,49-,51+/m0/s1. The van der Waals surface area contributed by atoms with Crippen LogP contribution in [0.5, 0.6) is 0 Å². The van der Waals surface area contributed by atoms with E-state index in [1.165, 1.54) is 6.92 Å². The Morgan fingerprint density at radius 1 is 0.457 bits per heavy atom. The summed E-state index contributed by atoms with van der Waals surface area (Å²) in [4.78, 5) is 50.6. The van der Waals surface area contributed by atoms with Crippen LogP contribution in [0.2, 0.25) is 0 Å². The molecule has 0 bridgehead atoms. The fourth-order valence-corrected chi connectivity index (χ4v) is 11.7. The molecule has 0 radical (unpaired) electrons. The molecule has 7 saturated heterocycles. The molecule has 3 amide bonds. The van der Waals surface area contributed by atoms with Gasteiger partial charge in [-0.2, -0.15) is 0 Å². The Morgan fingerprint density at radius 2 is 0.870 bits per heavy atom. The van der Waals surface area contributed by atoms with Gasteiger partial charge in [0.05, 0.1) is 57.9 Å². The van der Waals surface area contributed by atoms with Crippen molar-refractivity contribution in [3.05, 3.63) is 0 Å². The molecular formula is C51H85N3O38. The number of aliphatic hydroxyl groups is 20. The number of amides is 3. The maximum absolute atomic E-state index is 13.0. The van der Waals surface area contributed by atoms with Gasteiger partial charge in [0.2, 0.25) is 17.7 Å². The van der Waals surface area contributed by atoms with Crippen LogP contribution in [-0.2, 0) is 80.8 Å². The Balaban J connectivity index is 1.22. The van der Waals surface area contributed by atoms with Crippen LogP contribution in [0, 0.1) is 0 Å². The van der Waals surface area contributed by atoms with Crippen LogP contribution in [0.15, 0.2) is 0 Å². The van der Waals surface area contributed by atoms with Gasteiger partial charge in [-0.15, -0.1) is 0 Å². The summed E-state index contributed by atoms with van der Waals surface area (Å²) in [7, 11) is 0. The van der Waals surface area contributed by atoms with E-state index in [0.29, 0.717) is 0 Å². The minimum Gasteiger partial charge on any atom is -0.477 e. The molecule has 24 N–H and O–H groups in total. The van der Waals surface area contributed by atoms with Gasteiger partial charge in [0.1, 0.15) is 159 Å². The van der Waals surface area contributed by atoms with Crippen molar-refractivity contribution in [2.24, 2.45) is 0 Å². The maximum atomic E-state index is 13.0. The van der Waals surface area contributed by atoms with Crippen molar-refractivity contribution in [3.63, 3.8) is 0 Å². The fraction of sp³-hybridized carbons (Fsp3) is 0.922. The van der Waals surface area contributed by atoms with Crippen molar-refractivity contribution in [3.8, 4) is 0 Å². The van der Waals surface area contributed by atoms with Crippen LogP contribution in [0.3, 0.4) is 0 Å². The third-order valence-electron chi connectivity index (χ3n) is 16.7. The Kier molecular flexibility index (Phi) is 26.6. The second-order valence-corrected chi connectivity index (χ2v) is 23.2. The molecule has 41 heteroatoms. The molecule has 0 unspecified atom stereocenters. The summed E-state index contributed by atoms with van der Waals surface area (Å²) < 4.78 is 76.1. The van der Waals surface area contributed by atoms with Crippen molar-refractivity contribution < 1.29 is 188 Å². The Hall–Kier alpha value is -3.44. The van der Waals surface area contributed by atoms with Crippen LogP contribution < -0.4 is 16.0 Å². The molecule has 92 heavy (non-hydrogen) atoms. The molecule has 532 valence electrons. The molecule has 0 aromatic heterocycles. The Labute approximate surface area is 520 Å². The van der Waals surface area contributed by atoms with Crippen LogP contribution in [0.1, 0.15) is 34.1 Å². The van der Waals surface area contributed by atoms with Crippen molar-refractivity contribution in [2.75, 3.05) is 39.6 Å². The van der Waals surface area contributed by atoms with E-state index in [1.54, 1.807) is 0 Å². The lowest BCUT2D eigenvalue weighted by Crippen LogP contribution is -2.71. The average Bonchev–Trinajstić information content (AvgIpc) is 0.836. The summed E-state index contributed by atoms with van der Waals surface area (Å²) in [6.45, 7) is -2.61. The van der Waals surface area contributed by atoms with Crippen LogP contribution >= 0.6 is 0 Å². The number of aliphatic carboxylic acids is 1. The van der Waals surface area contributed by atoms with Gasteiger partial charge in [-0.25, -0.2) is 4.79 Å². The molecule has 7 heterocycles. The molecule has 41 nitrogen and oxygen atoms in total. The maximum Gasteiger partial charge on any atom is 0.364 e. The Morgan fingerprint density at radius 3 is 1.40 bits per heavy atom. The van der Waals surface area contributed by atoms with Gasteiger partial charge in [-0.3, -0.25) is 14.4 Å². The van der Waals surface area contributed by atoms with E-state index in [4.69, 9.17) is 61.6 Å². The van der Waals surface area contributed by atoms with Crippen LogP contribution in [0.4, 0.5) is 0 Å². The number of nitrogens with one attached hydrogen (secondary N) is 3. The molecule has 7 fully saturated rings. The number of aliphatic hydroxyl groups excluding tert-OH is 20. The molecule has 7 rings (SSSR count). The van der Waals surface area contributed by atoms with E-state index in [2.05, 4.69) is 16.0 Å². The minimum atomic E-state index is -3.06. The topological polar surface area (TPSA) is 649 Å². The number of carbonyl (C=O) groups is 4. The smallest absolute Gasteiger partial charge is 0.364 e. The summed E-state index contributed by atoms with van der Waals surface area (Å²) in [5, 5.41) is 237. The SMILES string of the molecule is CC(=O)N[C@@H]1[C@@H](O[C@@H]2O[C@H](CO)[C@H](O)[C@H](O[C@@H]3O[C@H](CO)[C@H](O)[C@H](O[C@H]4O[C@H](CO)[C@H](O)[C@H](O[C@H]5O[C@H](CO)[C@H](O)[C@H](O)[C@H]5O)[C@H]4NC(C)=O)[C@H]3O[C@@H]3O[C@@H](C)[C@@H](O)[C@@H](O)[C@@H]3O)[C@H]2O)[C@@H](O)[C@@H](CO[C@]2(C(=O)O)C[C@H](O)[C@@H](NC(C)=O)[C@H]([C@H](O)[C@H](O)CO)O2)O[C@@H]1O. The van der Waals surface area contributed by atoms with Gasteiger partial charge >= 0.3 is 5.97 Å². The molecule has 7 aliphatic heterocycles. The summed E-state index contributed by atoms with van der Waals surface area (Å²) in [5.74, 6) is -7.74. The van der Waals surface area contributed by atoms with Gasteiger partial charge < -0.3 is 185 Å². The van der Waals surface area contributed by atoms with E-state index in [0.717, 1.165) is 20.8 Å². The highest BCUT2D eigenvalue weighted by molar-refractivity contribution is 5.77. The number of hydrogen-bond donors (Lipinski definition) is 24. The van der Waals surface area contributed by atoms with Crippen molar-refractivity contribution in [1.82, 2.24) is 16.0 Å². The lowest BCUT2D eigenvalue weighted by atomic mass is 9.88. The fourth-order valence-electron chi connectivity index (χ4n) is 11.7. The van der Waals surface area contributed by atoms with Crippen molar-refractivity contribution in [1.29, 1.82) is 0 Å². The molecule has 0 aromatic rings. The van der Waals surface area contributed by atoms with Crippen LogP contribution in [0.25, 0.3) is 0 Å². The number of carbonyl (C=O) groups excluding carboxylic acids is 3. The quantitative estimate of drug-likeness (QED) is 0.0427. The first-order valence-corrected chi connectivity index (χ1v) is 29.1. The highest BCUT2D eigenvalue weighted by atomic mass is 16.8. The van der Waals surface area contributed by atoms with E-state index in [9.17, 15) is 126 Å². The van der Waals surface area contributed by atoms with Gasteiger partial charge in [0.25, 0.3) is 5.79 Å². The highest BCUT2D eigenvalue weighted by Gasteiger charge is 2.61. The average molecular weight is 1350 g/mol. The summed E-state index contributed by atoms with van der Waals surface area (Å²) >= 11 is 0. The van der Waals surface area contributed by atoms with Gasteiger partial charge in [-0.05, 0) is 6.92 Å². The first kappa shape index (κ1) is 75.9. The second kappa shape index (κ2) is 32.3. The molecule has 0 saturated carbocycles. The van der Waals surface area contributed by atoms with Crippen molar-refractivity contribution in [2.45, 2.75) is 254 Å². The summed E-state index contributed by atoms with van der Waals surface area (Å²) in [6.07, 6.45) is -67.5. The zero-order valence-corrected chi connectivity index (χ0v) is 49.5. The Bertz CT molecular complexity index is 2400. The van der Waals surface area contributed by atoms with Crippen LogP contribution in [-0.4, -0.2) is 391 Å². The van der Waals surface area contributed by atoms with E-state index >= 15 is 0 Å². The molecule has 7 aliphatic rings. The minimum absolute atomic E-state index is 0.819. The predicted molar refractivity (Wildman–Crippen MR) is 282 cm³/mol. The van der Waals surface area contributed by atoms with E-state index in [1.807, 2.05) is 0 Å². The second-order valence-electron chi connectivity index (χ2n) is 23.2. The van der Waals surface area contributed by atoms with E-state index < -0.39 is 290 Å². The molecule has 0 spiro atoms. The normalized spacial score (nSPS) is 47.6. The molecule has 0 aliphatic carbocycles. The van der Waals surface area contributed by atoms with Gasteiger partial charge in [-0.1, -0.05) is 0 Å². The molecule has 36 atom stereocenters. The lowest BCUT2D eigenvalue weighted by molar-refractivity contribution is -0.406. The third kappa shape index (κ3) is 16.4.